The molecule has 0 radical (unpaired) electrons. The van der Waals surface area contributed by atoms with E-state index in [0.29, 0.717) is 5.69 Å². The maximum Gasteiger partial charge on any atom is 0.187 e. The monoisotopic (exact) mass is 582 g/mol. The summed E-state index contributed by atoms with van der Waals surface area (Å²) in [4.78, 5) is 8.80. The number of hydrogen-bond donors (Lipinski definition) is 0. The first-order valence-corrected chi connectivity index (χ1v) is 15.5. The van der Waals surface area contributed by atoms with E-state index in [1.165, 1.54) is 54.4 Å². The Morgan fingerprint density at radius 1 is 0.391 bits per heavy atom. The molecule has 0 saturated carbocycles. The van der Waals surface area contributed by atoms with Gasteiger partial charge in [0.1, 0.15) is 0 Å². The first-order chi connectivity index (χ1) is 22.8. The van der Waals surface area contributed by atoms with Crippen molar-refractivity contribution in [2.45, 2.75) is 0 Å². The van der Waals surface area contributed by atoms with Gasteiger partial charge in [0, 0.05) is 21.7 Å². The van der Waals surface area contributed by atoms with Crippen LogP contribution in [0.2, 0.25) is 0 Å². The molecule has 8 aromatic carbocycles. The van der Waals surface area contributed by atoms with E-state index in [1.54, 1.807) is 0 Å². The molecule has 212 valence electrons. The minimum absolute atomic E-state index is 0.648. The number of pyridine rings is 1. The van der Waals surface area contributed by atoms with Crippen LogP contribution in [0.25, 0.3) is 92.3 Å². The van der Waals surface area contributed by atoms with Crippen LogP contribution in [-0.2, 0) is 0 Å². The Bertz CT molecular complexity index is 2620. The zero-order valence-electron chi connectivity index (χ0n) is 24.9. The molecular formula is C44H26N2. The highest BCUT2D eigenvalue weighted by atomic mass is 14.7. The molecule has 0 aliphatic rings. The summed E-state index contributed by atoms with van der Waals surface area (Å²) < 4.78 is 0. The quantitative estimate of drug-likeness (QED) is 0.115. The Morgan fingerprint density at radius 2 is 0.957 bits per heavy atom. The minimum atomic E-state index is 0.648. The Balaban J connectivity index is 1.41. The van der Waals surface area contributed by atoms with Gasteiger partial charge in [-0.1, -0.05) is 152 Å². The third-order valence-corrected chi connectivity index (χ3v) is 9.26. The summed E-state index contributed by atoms with van der Waals surface area (Å²) in [5, 5.41) is 10.8. The third kappa shape index (κ3) is 3.93. The average molecular weight is 583 g/mol. The van der Waals surface area contributed by atoms with Gasteiger partial charge in [0.2, 0.25) is 0 Å². The van der Waals surface area contributed by atoms with Crippen LogP contribution < -0.4 is 0 Å². The molecular weight excluding hydrogens is 556 g/mol. The molecule has 0 unspecified atom stereocenters. The van der Waals surface area contributed by atoms with Gasteiger partial charge in [0.25, 0.3) is 0 Å². The van der Waals surface area contributed by atoms with Gasteiger partial charge in [-0.3, -0.25) is 0 Å². The van der Waals surface area contributed by atoms with Gasteiger partial charge in [0.05, 0.1) is 17.8 Å². The predicted molar refractivity (Wildman–Crippen MR) is 194 cm³/mol. The van der Waals surface area contributed by atoms with Crippen molar-refractivity contribution >= 4 is 59.7 Å². The fraction of sp³-hybridized carbons (Fsp3) is 0. The normalized spacial score (nSPS) is 11.5. The van der Waals surface area contributed by atoms with Gasteiger partial charge in [-0.25, -0.2) is 9.83 Å². The maximum atomic E-state index is 7.44. The van der Waals surface area contributed by atoms with Crippen LogP contribution in [-0.4, -0.2) is 4.98 Å². The lowest BCUT2D eigenvalue weighted by Gasteiger charge is -2.19. The lowest BCUT2D eigenvalue weighted by Crippen LogP contribution is -1.93. The van der Waals surface area contributed by atoms with E-state index in [-0.39, 0.29) is 0 Å². The first-order valence-electron chi connectivity index (χ1n) is 15.5. The summed E-state index contributed by atoms with van der Waals surface area (Å²) in [5.74, 6) is 0. The van der Waals surface area contributed by atoms with Crippen molar-refractivity contribution in [1.29, 1.82) is 0 Å². The number of benzene rings is 8. The van der Waals surface area contributed by atoms with Crippen LogP contribution in [0.3, 0.4) is 0 Å². The molecule has 1 aromatic heterocycles. The standard InChI is InChI=1S/C44H26N2/c1-45-30-24-22-28(23-25-30)41-34-14-5-7-16-36(34)42(37-17-8-6-15-35(37)41)32-19-11-20-33-31(32)26-27-39-43(33)38-18-9-10-21-40(38)46-44(39)29-12-3-2-4-13-29/h2-27H. The van der Waals surface area contributed by atoms with Crippen molar-refractivity contribution in [3.05, 3.63) is 169 Å². The zero-order valence-corrected chi connectivity index (χ0v) is 24.9. The molecule has 0 aliphatic carbocycles. The molecule has 0 atom stereocenters. The molecule has 1 heterocycles. The zero-order chi connectivity index (χ0) is 30.6. The third-order valence-electron chi connectivity index (χ3n) is 9.26. The Kier molecular flexibility index (Phi) is 5.91. The van der Waals surface area contributed by atoms with Crippen LogP contribution >= 0.6 is 0 Å². The second-order valence-electron chi connectivity index (χ2n) is 11.7. The van der Waals surface area contributed by atoms with Gasteiger partial charge >= 0.3 is 0 Å². The van der Waals surface area contributed by atoms with E-state index in [4.69, 9.17) is 11.6 Å². The van der Waals surface area contributed by atoms with Crippen LogP contribution in [0.5, 0.6) is 0 Å². The molecule has 0 aliphatic heterocycles. The van der Waals surface area contributed by atoms with E-state index in [2.05, 4.69) is 150 Å². The molecule has 0 saturated heterocycles. The number of rotatable bonds is 3. The highest BCUT2D eigenvalue weighted by Crippen LogP contribution is 2.47. The SMILES string of the molecule is [C-]#[N+]c1ccc(-c2c3ccccc3c(-c3cccc4c3ccc3c(-c5ccccc5)nc5ccccc5c34)c3ccccc23)cc1. The fourth-order valence-corrected chi connectivity index (χ4v) is 7.27. The molecule has 0 fully saturated rings. The van der Waals surface area contributed by atoms with E-state index in [0.717, 1.165) is 33.1 Å². The second kappa shape index (κ2) is 10.4. The Hall–Kier alpha value is -6.30. The summed E-state index contributed by atoms with van der Waals surface area (Å²) in [7, 11) is 0. The highest BCUT2D eigenvalue weighted by Gasteiger charge is 2.19. The van der Waals surface area contributed by atoms with E-state index < -0.39 is 0 Å². The number of nitrogens with zero attached hydrogens (tertiary/aromatic N) is 2. The summed E-state index contributed by atoms with van der Waals surface area (Å²) in [6, 6.07) is 55.8. The lowest BCUT2D eigenvalue weighted by molar-refractivity contribution is 1.43. The molecule has 0 N–H and O–H groups in total. The number of aromatic nitrogens is 1. The fourth-order valence-electron chi connectivity index (χ4n) is 7.27. The van der Waals surface area contributed by atoms with Crippen LogP contribution in [0, 0.1) is 6.57 Å². The molecule has 9 aromatic rings. The highest BCUT2D eigenvalue weighted by molar-refractivity contribution is 6.28. The Labute approximate surface area is 266 Å². The van der Waals surface area contributed by atoms with Crippen molar-refractivity contribution < 1.29 is 0 Å². The van der Waals surface area contributed by atoms with Crippen molar-refractivity contribution in [3.8, 4) is 33.5 Å². The molecule has 2 heteroatoms. The smallest absolute Gasteiger partial charge is 0.187 e. The number of para-hydroxylation sites is 1. The topological polar surface area (TPSA) is 17.2 Å². The van der Waals surface area contributed by atoms with Gasteiger partial charge in [-0.15, -0.1) is 0 Å². The number of fused-ring (bicyclic) bond motifs is 7. The molecule has 0 spiro atoms. The first kappa shape index (κ1) is 26.1. The Morgan fingerprint density at radius 3 is 1.63 bits per heavy atom. The van der Waals surface area contributed by atoms with Gasteiger partial charge < -0.3 is 0 Å². The van der Waals surface area contributed by atoms with Crippen LogP contribution in [0.4, 0.5) is 5.69 Å². The number of hydrogen-bond acceptors (Lipinski definition) is 1. The minimum Gasteiger partial charge on any atom is -0.247 e. The molecule has 46 heavy (non-hydrogen) atoms. The van der Waals surface area contributed by atoms with E-state index in [9.17, 15) is 0 Å². The van der Waals surface area contributed by atoms with Crippen LogP contribution in [0.1, 0.15) is 0 Å². The second-order valence-corrected chi connectivity index (χ2v) is 11.7. The molecule has 9 rings (SSSR count). The molecule has 0 bridgehead atoms. The largest absolute Gasteiger partial charge is 0.247 e. The molecule has 2 nitrogen and oxygen atoms in total. The lowest BCUT2D eigenvalue weighted by atomic mass is 9.84. The average Bonchev–Trinajstić information content (AvgIpc) is 3.13. The summed E-state index contributed by atoms with van der Waals surface area (Å²) in [6.45, 7) is 7.44. The van der Waals surface area contributed by atoms with Crippen LogP contribution in [0.15, 0.2) is 158 Å². The van der Waals surface area contributed by atoms with Gasteiger partial charge in [-0.05, 0) is 60.6 Å². The van der Waals surface area contributed by atoms with E-state index >= 15 is 0 Å². The van der Waals surface area contributed by atoms with Gasteiger partial charge in [-0.2, -0.15) is 0 Å². The van der Waals surface area contributed by atoms with E-state index in [1.807, 2.05) is 12.1 Å². The summed E-state index contributed by atoms with van der Waals surface area (Å²) in [5.41, 5.74) is 8.52. The maximum absolute atomic E-state index is 7.44. The summed E-state index contributed by atoms with van der Waals surface area (Å²) in [6.07, 6.45) is 0. The summed E-state index contributed by atoms with van der Waals surface area (Å²) >= 11 is 0. The van der Waals surface area contributed by atoms with Crippen molar-refractivity contribution in [2.24, 2.45) is 0 Å². The van der Waals surface area contributed by atoms with Gasteiger partial charge in [0.15, 0.2) is 5.69 Å². The predicted octanol–water partition coefficient (Wildman–Crippen LogP) is 12.4. The van der Waals surface area contributed by atoms with Crippen molar-refractivity contribution in [1.82, 2.24) is 4.98 Å². The van der Waals surface area contributed by atoms with Crippen molar-refractivity contribution in [2.75, 3.05) is 0 Å². The van der Waals surface area contributed by atoms with Crippen molar-refractivity contribution in [3.63, 3.8) is 0 Å². The molecule has 0 amide bonds.